The van der Waals surface area contributed by atoms with Gasteiger partial charge in [0.05, 0.1) is 6.61 Å². The molecule has 0 saturated heterocycles. The maximum Gasteiger partial charge on any atom is 0.119 e. The zero-order valence-electron chi connectivity index (χ0n) is 15.4. The van der Waals surface area contributed by atoms with E-state index in [1.807, 2.05) is 38.4 Å². The van der Waals surface area contributed by atoms with Crippen LogP contribution in [-0.4, -0.2) is 42.7 Å². The average molecular weight is 360 g/mol. The van der Waals surface area contributed by atoms with Crippen LogP contribution in [0.25, 0.3) is 0 Å². The molecule has 3 nitrogen and oxygen atoms in total. The topological polar surface area (TPSA) is 32.7 Å². The molecule has 0 bridgehead atoms. The normalized spacial score (nSPS) is 12.4. The van der Waals surface area contributed by atoms with Crippen LogP contribution in [0.3, 0.4) is 0 Å². The third-order valence-electron chi connectivity index (χ3n) is 3.90. The molecule has 136 valence electrons. The van der Waals surface area contributed by atoms with Gasteiger partial charge in [-0.3, -0.25) is 0 Å². The van der Waals surface area contributed by atoms with Crippen LogP contribution in [0, 0.1) is 10.4 Å². The van der Waals surface area contributed by atoms with E-state index in [1.165, 1.54) is 22.2 Å². The highest BCUT2D eigenvalue weighted by Crippen LogP contribution is 2.26. The fourth-order valence-electron chi connectivity index (χ4n) is 2.20. The molecule has 0 aliphatic heterocycles. The molecule has 1 N–H and O–H groups in total. The van der Waals surface area contributed by atoms with Crippen molar-refractivity contribution >= 4 is 11.8 Å². The molecule has 0 amide bonds. The number of aliphatic hydroxyl groups excluding tert-OH is 1. The van der Waals surface area contributed by atoms with Crippen LogP contribution in [0.15, 0.2) is 53.4 Å². The second-order valence-corrected chi connectivity index (χ2v) is 7.67. The van der Waals surface area contributed by atoms with Crippen LogP contribution < -0.4 is 4.74 Å². The minimum absolute atomic E-state index is 0.353. The zero-order valence-corrected chi connectivity index (χ0v) is 16.3. The van der Waals surface area contributed by atoms with E-state index in [-0.39, 0.29) is 5.44 Å². The molecule has 0 radical (unpaired) electrons. The molecule has 3 rings (SSSR count). The predicted molar refractivity (Wildman–Crippen MR) is 106 cm³/mol. The van der Waals surface area contributed by atoms with Crippen molar-refractivity contribution in [2.45, 2.75) is 36.5 Å². The predicted octanol–water partition coefficient (Wildman–Crippen LogP) is 4.51. The minimum Gasteiger partial charge on any atom is -0.494 e. The maximum atomic E-state index is 9.90. The van der Waals surface area contributed by atoms with Crippen molar-refractivity contribution in [3.8, 4) is 5.75 Å². The first-order chi connectivity index (χ1) is 12.1. The van der Waals surface area contributed by atoms with Crippen molar-refractivity contribution < 1.29 is 9.84 Å². The Morgan fingerprint density at radius 3 is 2.04 bits per heavy atom. The molecule has 0 heterocycles. The maximum absolute atomic E-state index is 9.90. The molecular formula is C21H29NO2S. The Balaban J connectivity index is 0.000000306. The van der Waals surface area contributed by atoms with Gasteiger partial charge in [-0.25, -0.2) is 0 Å². The standard InChI is InChI=1S/C15H25NO2S.C6H4/c1-4-5-12-18-13-6-8-14(9-7-13)19-15(17)10-11-16(2)3;1-2-6-4-3-5(1)6/h6-9,15,17H,4-5,10-12H2,1-3H3;1-4H. The fourth-order valence-corrected chi connectivity index (χ4v) is 3.03. The lowest BCUT2D eigenvalue weighted by molar-refractivity contribution is 0.232. The van der Waals surface area contributed by atoms with Crippen molar-refractivity contribution in [3.63, 3.8) is 0 Å². The van der Waals surface area contributed by atoms with Gasteiger partial charge in [0, 0.05) is 11.4 Å². The molecule has 0 spiro atoms. The fraction of sp³-hybridized carbons (Fsp3) is 0.429. The van der Waals surface area contributed by atoms with Crippen molar-refractivity contribution in [3.05, 3.63) is 59.0 Å². The number of hydrogen-bond acceptors (Lipinski definition) is 4. The van der Waals surface area contributed by atoms with Gasteiger partial charge in [-0.15, -0.1) is 0 Å². The molecule has 0 aromatic heterocycles. The summed E-state index contributed by atoms with van der Waals surface area (Å²) in [6.07, 6.45) is 3.00. The van der Waals surface area contributed by atoms with E-state index in [4.69, 9.17) is 4.74 Å². The molecule has 2 aliphatic carbocycles. The lowest BCUT2D eigenvalue weighted by Gasteiger charge is -2.14. The van der Waals surface area contributed by atoms with Gasteiger partial charge in [-0.1, -0.05) is 49.4 Å². The van der Waals surface area contributed by atoms with Crippen LogP contribution in [0.1, 0.15) is 26.2 Å². The van der Waals surface area contributed by atoms with E-state index in [1.54, 1.807) is 0 Å². The number of unbranched alkanes of at least 4 members (excludes halogenated alkanes) is 1. The van der Waals surface area contributed by atoms with Crippen molar-refractivity contribution in [1.29, 1.82) is 0 Å². The number of hydrogen-bond donors (Lipinski definition) is 1. The van der Waals surface area contributed by atoms with E-state index < -0.39 is 0 Å². The summed E-state index contributed by atoms with van der Waals surface area (Å²) in [5.74, 6) is 0.903. The largest absolute Gasteiger partial charge is 0.494 e. The summed E-state index contributed by atoms with van der Waals surface area (Å²) < 4.78 is 5.61. The first-order valence-corrected chi connectivity index (χ1v) is 9.79. The van der Waals surface area contributed by atoms with Crippen LogP contribution in [0.2, 0.25) is 0 Å². The highest BCUT2D eigenvalue weighted by atomic mass is 32.2. The Labute approximate surface area is 155 Å². The molecule has 0 saturated carbocycles. The molecule has 1 aromatic carbocycles. The summed E-state index contributed by atoms with van der Waals surface area (Å²) >= 11 is 1.50. The SMILES string of the molecule is CCCCOc1ccc(SC(O)CCN(C)C)cc1.c1cc2ccc1=2. The molecule has 0 fully saturated rings. The second kappa shape index (κ2) is 10.5. The summed E-state index contributed by atoms with van der Waals surface area (Å²) in [6.45, 7) is 3.82. The first kappa shape index (κ1) is 19.8. The van der Waals surface area contributed by atoms with E-state index in [0.29, 0.717) is 0 Å². The minimum atomic E-state index is -0.353. The van der Waals surface area contributed by atoms with E-state index in [2.05, 4.69) is 36.1 Å². The number of aliphatic hydroxyl groups is 1. The Morgan fingerprint density at radius 1 is 1.00 bits per heavy atom. The highest BCUT2D eigenvalue weighted by Gasteiger charge is 2.07. The smallest absolute Gasteiger partial charge is 0.119 e. The van der Waals surface area contributed by atoms with Gasteiger partial charge >= 0.3 is 0 Å². The molecule has 1 aromatic rings. The van der Waals surface area contributed by atoms with Crippen molar-refractivity contribution in [2.24, 2.45) is 0 Å². The summed E-state index contributed by atoms with van der Waals surface area (Å²) in [6, 6.07) is 16.4. The second-order valence-electron chi connectivity index (χ2n) is 6.42. The first-order valence-electron chi connectivity index (χ1n) is 8.91. The summed E-state index contributed by atoms with van der Waals surface area (Å²) in [4.78, 5) is 3.16. The van der Waals surface area contributed by atoms with E-state index in [9.17, 15) is 5.11 Å². The quantitative estimate of drug-likeness (QED) is 0.346. The molecule has 25 heavy (non-hydrogen) atoms. The molecule has 2 aliphatic rings. The van der Waals surface area contributed by atoms with Crippen LogP contribution in [0.5, 0.6) is 5.75 Å². The number of thioether (sulfide) groups is 1. The number of nitrogens with zero attached hydrogens (tertiary/aromatic N) is 1. The third kappa shape index (κ3) is 7.10. The van der Waals surface area contributed by atoms with Gasteiger partial charge in [-0.2, -0.15) is 0 Å². The van der Waals surface area contributed by atoms with Crippen molar-refractivity contribution in [1.82, 2.24) is 4.90 Å². The van der Waals surface area contributed by atoms with Gasteiger partial charge in [0.1, 0.15) is 11.2 Å². The summed E-state index contributed by atoms with van der Waals surface area (Å²) in [5, 5.41) is 12.8. The molecule has 1 atom stereocenters. The molecule has 1 unspecified atom stereocenters. The van der Waals surface area contributed by atoms with Crippen molar-refractivity contribution in [2.75, 3.05) is 27.2 Å². The Kier molecular flexibility index (Phi) is 8.32. The third-order valence-corrected chi connectivity index (χ3v) is 4.96. The molecular weight excluding hydrogens is 330 g/mol. The zero-order chi connectivity index (χ0) is 18.1. The summed E-state index contributed by atoms with van der Waals surface area (Å²) in [7, 11) is 4.03. The van der Waals surface area contributed by atoms with E-state index in [0.717, 1.165) is 43.1 Å². The number of benzene rings is 2. The van der Waals surface area contributed by atoms with Gasteiger partial charge in [0.25, 0.3) is 0 Å². The van der Waals surface area contributed by atoms with Gasteiger partial charge in [-0.05, 0) is 61.6 Å². The Bertz CT molecular complexity index is 665. The highest BCUT2D eigenvalue weighted by molar-refractivity contribution is 7.99. The van der Waals surface area contributed by atoms with E-state index >= 15 is 0 Å². The summed E-state index contributed by atoms with van der Waals surface area (Å²) in [5.41, 5.74) is -0.353. The van der Waals surface area contributed by atoms with Gasteiger partial charge < -0.3 is 14.7 Å². The van der Waals surface area contributed by atoms with Gasteiger partial charge in [0.2, 0.25) is 0 Å². The number of ether oxygens (including phenoxy) is 1. The number of rotatable bonds is 9. The lowest BCUT2D eigenvalue weighted by atomic mass is 10.1. The molecule has 4 heteroatoms. The van der Waals surface area contributed by atoms with Crippen LogP contribution >= 0.6 is 11.8 Å². The monoisotopic (exact) mass is 359 g/mol. The van der Waals surface area contributed by atoms with Crippen LogP contribution in [0.4, 0.5) is 0 Å². The Hall–Kier alpha value is -1.49. The van der Waals surface area contributed by atoms with Gasteiger partial charge in [0.15, 0.2) is 0 Å². The van der Waals surface area contributed by atoms with Crippen LogP contribution in [-0.2, 0) is 0 Å². The lowest BCUT2D eigenvalue weighted by Crippen LogP contribution is -2.17. The average Bonchev–Trinajstić information content (AvgIpc) is 2.58. The Morgan fingerprint density at radius 2 is 1.60 bits per heavy atom.